The molecule has 0 aliphatic heterocycles. The maximum Gasteiger partial charge on any atom is 0.411 e. The van der Waals surface area contributed by atoms with Crippen LogP contribution in [-0.2, 0) is 4.74 Å². The molecule has 0 unspecified atom stereocenters. The van der Waals surface area contributed by atoms with Gasteiger partial charge in [0.25, 0.3) is 0 Å². The quantitative estimate of drug-likeness (QED) is 0.694. The van der Waals surface area contributed by atoms with Crippen molar-refractivity contribution in [1.82, 2.24) is 0 Å². The highest BCUT2D eigenvalue weighted by Crippen LogP contribution is 2.18. The first-order valence-corrected chi connectivity index (χ1v) is 3.18. The van der Waals surface area contributed by atoms with E-state index in [0.29, 0.717) is 0 Å². The predicted octanol–water partition coefficient (Wildman–Crippen LogP) is 1.30. The van der Waals surface area contributed by atoms with Gasteiger partial charge in [-0.3, -0.25) is 0 Å². The lowest BCUT2D eigenvalue weighted by Crippen LogP contribution is -2.37. The molecule has 0 saturated carbocycles. The first-order chi connectivity index (χ1) is 4.77. The largest absolute Gasteiger partial charge is 0.411 e. The van der Waals surface area contributed by atoms with Gasteiger partial charge in [0.15, 0.2) is 0 Å². The van der Waals surface area contributed by atoms with Crippen LogP contribution in [0.2, 0.25) is 0 Å². The first-order valence-electron chi connectivity index (χ1n) is 3.18. The maximum absolute atomic E-state index is 11.6. The van der Waals surface area contributed by atoms with Gasteiger partial charge in [-0.05, 0) is 13.8 Å². The summed E-state index contributed by atoms with van der Waals surface area (Å²) in [6.07, 6.45) is -4.27. The Hall–Kier alpha value is -0.290. The third-order valence-electron chi connectivity index (χ3n) is 1.12. The molecule has 0 saturated heterocycles. The standard InChI is InChI=1S/C6H12F3NO/c1-5(2,3-10)11-4-6(7,8)9/h3-4,10H2,1-2H3. The van der Waals surface area contributed by atoms with Crippen LogP contribution in [-0.4, -0.2) is 24.9 Å². The highest BCUT2D eigenvalue weighted by molar-refractivity contribution is 4.69. The average molecular weight is 171 g/mol. The van der Waals surface area contributed by atoms with Crippen LogP contribution < -0.4 is 5.73 Å². The van der Waals surface area contributed by atoms with E-state index in [0.717, 1.165) is 0 Å². The molecule has 0 aromatic heterocycles. The minimum absolute atomic E-state index is 0.0725. The van der Waals surface area contributed by atoms with E-state index in [2.05, 4.69) is 4.74 Å². The minimum Gasteiger partial charge on any atom is -0.365 e. The molecule has 68 valence electrons. The zero-order chi connectivity index (χ0) is 9.12. The Labute approximate surface area is 63.5 Å². The van der Waals surface area contributed by atoms with Gasteiger partial charge in [-0.1, -0.05) is 0 Å². The molecule has 0 aromatic carbocycles. The zero-order valence-corrected chi connectivity index (χ0v) is 6.53. The van der Waals surface area contributed by atoms with Gasteiger partial charge in [-0.25, -0.2) is 0 Å². The van der Waals surface area contributed by atoms with E-state index >= 15 is 0 Å². The molecule has 11 heavy (non-hydrogen) atoms. The third-order valence-corrected chi connectivity index (χ3v) is 1.12. The minimum atomic E-state index is -4.27. The molecular formula is C6H12F3NO. The molecule has 2 N–H and O–H groups in total. The second kappa shape index (κ2) is 3.40. The third kappa shape index (κ3) is 6.12. The van der Waals surface area contributed by atoms with Crippen LogP contribution in [0, 0.1) is 0 Å². The van der Waals surface area contributed by atoms with Crippen molar-refractivity contribution in [2.24, 2.45) is 5.73 Å². The van der Waals surface area contributed by atoms with Crippen LogP contribution in [0.1, 0.15) is 13.8 Å². The molecule has 0 atom stereocenters. The van der Waals surface area contributed by atoms with Crippen LogP contribution in [0.15, 0.2) is 0 Å². The molecule has 0 fully saturated rings. The monoisotopic (exact) mass is 171 g/mol. The van der Waals surface area contributed by atoms with Crippen LogP contribution in [0.25, 0.3) is 0 Å². The van der Waals surface area contributed by atoms with Crippen molar-refractivity contribution < 1.29 is 17.9 Å². The maximum atomic E-state index is 11.6. The summed E-state index contributed by atoms with van der Waals surface area (Å²) in [5, 5.41) is 0. The lowest BCUT2D eigenvalue weighted by molar-refractivity contribution is -0.198. The van der Waals surface area contributed by atoms with Crippen LogP contribution >= 0.6 is 0 Å². The fraction of sp³-hybridized carbons (Fsp3) is 1.00. The summed E-state index contributed by atoms with van der Waals surface area (Å²) in [6.45, 7) is 1.86. The highest BCUT2D eigenvalue weighted by Gasteiger charge is 2.31. The summed E-state index contributed by atoms with van der Waals surface area (Å²) < 4.78 is 39.2. The van der Waals surface area contributed by atoms with E-state index < -0.39 is 18.4 Å². The molecular weight excluding hydrogens is 159 g/mol. The van der Waals surface area contributed by atoms with Crippen molar-refractivity contribution in [3.8, 4) is 0 Å². The van der Waals surface area contributed by atoms with E-state index in [9.17, 15) is 13.2 Å². The van der Waals surface area contributed by atoms with Crippen molar-refractivity contribution in [2.75, 3.05) is 13.2 Å². The SMILES string of the molecule is CC(C)(CN)OCC(F)(F)F. The number of rotatable bonds is 3. The Kier molecular flexibility index (Phi) is 3.31. The van der Waals surface area contributed by atoms with Gasteiger partial charge < -0.3 is 10.5 Å². The van der Waals surface area contributed by atoms with E-state index in [1.165, 1.54) is 13.8 Å². The van der Waals surface area contributed by atoms with Gasteiger partial charge in [-0.15, -0.1) is 0 Å². The Morgan fingerprint density at radius 3 is 2.00 bits per heavy atom. The fourth-order valence-corrected chi connectivity index (χ4v) is 0.336. The van der Waals surface area contributed by atoms with Crippen molar-refractivity contribution >= 4 is 0 Å². The average Bonchev–Trinajstić information content (AvgIpc) is 1.83. The molecule has 0 aromatic rings. The van der Waals surface area contributed by atoms with Crippen molar-refractivity contribution in [3.05, 3.63) is 0 Å². The normalized spacial score (nSPS) is 13.6. The van der Waals surface area contributed by atoms with Gasteiger partial charge in [0, 0.05) is 6.54 Å². The van der Waals surface area contributed by atoms with E-state index in [-0.39, 0.29) is 6.54 Å². The summed E-state index contributed by atoms with van der Waals surface area (Å²) in [6, 6.07) is 0. The fourth-order valence-electron chi connectivity index (χ4n) is 0.336. The topological polar surface area (TPSA) is 35.2 Å². The smallest absolute Gasteiger partial charge is 0.365 e. The number of hydrogen-bond acceptors (Lipinski definition) is 2. The molecule has 0 heterocycles. The Bertz CT molecular complexity index is 121. The number of halogens is 3. The second-order valence-electron chi connectivity index (χ2n) is 2.87. The lowest BCUT2D eigenvalue weighted by atomic mass is 10.1. The van der Waals surface area contributed by atoms with Gasteiger partial charge in [-0.2, -0.15) is 13.2 Å². The van der Waals surface area contributed by atoms with Crippen LogP contribution in [0.5, 0.6) is 0 Å². The van der Waals surface area contributed by atoms with Crippen molar-refractivity contribution in [1.29, 1.82) is 0 Å². The van der Waals surface area contributed by atoms with E-state index in [1.54, 1.807) is 0 Å². The molecule has 0 bridgehead atoms. The van der Waals surface area contributed by atoms with E-state index in [4.69, 9.17) is 5.73 Å². The Morgan fingerprint density at radius 2 is 1.73 bits per heavy atom. The van der Waals surface area contributed by atoms with Gasteiger partial charge >= 0.3 is 6.18 Å². The molecule has 0 aliphatic rings. The van der Waals surface area contributed by atoms with Gasteiger partial charge in [0.05, 0.1) is 5.60 Å². The summed E-state index contributed by atoms with van der Waals surface area (Å²) in [5.74, 6) is 0. The molecule has 0 rings (SSSR count). The molecule has 0 radical (unpaired) electrons. The number of nitrogens with two attached hydrogens (primary N) is 1. The molecule has 2 nitrogen and oxygen atoms in total. The number of ether oxygens (including phenoxy) is 1. The number of alkyl halides is 3. The molecule has 0 spiro atoms. The van der Waals surface area contributed by atoms with Crippen molar-refractivity contribution in [3.63, 3.8) is 0 Å². The molecule has 0 aliphatic carbocycles. The number of hydrogen-bond donors (Lipinski definition) is 1. The molecule has 0 amide bonds. The van der Waals surface area contributed by atoms with E-state index in [1.807, 2.05) is 0 Å². The second-order valence-corrected chi connectivity index (χ2v) is 2.87. The lowest BCUT2D eigenvalue weighted by Gasteiger charge is -2.23. The Morgan fingerprint density at radius 1 is 1.27 bits per heavy atom. The summed E-state index contributed by atoms with van der Waals surface area (Å²) >= 11 is 0. The summed E-state index contributed by atoms with van der Waals surface area (Å²) in [7, 11) is 0. The first kappa shape index (κ1) is 10.7. The van der Waals surface area contributed by atoms with Crippen molar-refractivity contribution in [2.45, 2.75) is 25.6 Å². The van der Waals surface area contributed by atoms with Gasteiger partial charge in [0.1, 0.15) is 6.61 Å². The zero-order valence-electron chi connectivity index (χ0n) is 6.53. The predicted molar refractivity (Wildman–Crippen MR) is 35.1 cm³/mol. The Balaban J connectivity index is 3.70. The molecule has 5 heteroatoms. The van der Waals surface area contributed by atoms with Crippen LogP contribution in [0.4, 0.5) is 13.2 Å². The highest BCUT2D eigenvalue weighted by atomic mass is 19.4. The van der Waals surface area contributed by atoms with Gasteiger partial charge in [0.2, 0.25) is 0 Å². The summed E-state index contributed by atoms with van der Waals surface area (Å²) in [5.41, 5.74) is 4.25. The van der Waals surface area contributed by atoms with Crippen LogP contribution in [0.3, 0.4) is 0 Å². The summed E-state index contributed by atoms with van der Waals surface area (Å²) in [4.78, 5) is 0.